The second-order valence-electron chi connectivity index (χ2n) is 4.05. The van der Waals surface area contributed by atoms with Gasteiger partial charge in [-0.15, -0.1) is 0 Å². The summed E-state index contributed by atoms with van der Waals surface area (Å²) in [5, 5.41) is 3.83. The maximum absolute atomic E-state index is 5.45. The van der Waals surface area contributed by atoms with Crippen LogP contribution in [0.5, 0.6) is 0 Å². The summed E-state index contributed by atoms with van der Waals surface area (Å²) in [7, 11) is 1.69. The molecule has 1 aromatic heterocycles. The summed E-state index contributed by atoms with van der Waals surface area (Å²) in [5.41, 5.74) is 5.40. The number of aromatic nitrogens is 2. The molecule has 2 N–H and O–H groups in total. The molecule has 1 aliphatic rings. The molecule has 5 heteroatoms. The van der Waals surface area contributed by atoms with Gasteiger partial charge >= 0.3 is 6.01 Å². The van der Waals surface area contributed by atoms with Crippen LogP contribution in [-0.4, -0.2) is 17.3 Å². The maximum atomic E-state index is 5.45. The van der Waals surface area contributed by atoms with Gasteiger partial charge in [0.25, 0.3) is 0 Å². The number of methoxy groups -OCH3 is 1. The first kappa shape index (κ1) is 10.4. The van der Waals surface area contributed by atoms with Crippen LogP contribution < -0.4 is 5.73 Å². The minimum Gasteiger partial charge on any atom is -0.373 e. The molecule has 1 unspecified atom stereocenters. The fourth-order valence-corrected chi connectivity index (χ4v) is 2.31. The van der Waals surface area contributed by atoms with Crippen LogP contribution in [0.1, 0.15) is 44.0 Å². The van der Waals surface area contributed by atoms with Gasteiger partial charge in [-0.25, -0.2) is 0 Å². The molecule has 0 aromatic carbocycles. The molecule has 0 spiro atoms. The number of ether oxygens (including phenoxy) is 1. The van der Waals surface area contributed by atoms with Gasteiger partial charge in [-0.3, -0.25) is 0 Å². The minimum atomic E-state index is -0.0636. The van der Waals surface area contributed by atoms with E-state index < -0.39 is 0 Å². The molecule has 1 aromatic rings. The lowest BCUT2D eigenvalue weighted by molar-refractivity contribution is 0.0274. The predicted molar refractivity (Wildman–Crippen MR) is 55.0 cm³/mol. The zero-order valence-corrected chi connectivity index (χ0v) is 8.98. The minimum absolute atomic E-state index is 0.0636. The van der Waals surface area contributed by atoms with E-state index in [1.807, 2.05) is 0 Å². The third kappa shape index (κ3) is 2.28. The quantitative estimate of drug-likeness (QED) is 0.826. The lowest BCUT2D eigenvalue weighted by Gasteiger charge is -2.26. The number of nitrogen functional groups attached to an aromatic ring is 1. The number of nitrogens with two attached hydrogens (primary N) is 1. The molecule has 1 atom stereocenters. The van der Waals surface area contributed by atoms with Gasteiger partial charge in [0.2, 0.25) is 5.82 Å². The van der Waals surface area contributed by atoms with E-state index in [9.17, 15) is 0 Å². The van der Waals surface area contributed by atoms with Crippen molar-refractivity contribution in [2.24, 2.45) is 5.92 Å². The van der Waals surface area contributed by atoms with Gasteiger partial charge in [0.15, 0.2) is 0 Å². The standard InChI is InChI=1S/C10H17N3O2/c1-14-8(7-5-3-2-4-6-7)9-12-10(11)15-13-9/h7-8H,2-6H2,1H3,(H2,11,12,13). The number of hydrogen-bond donors (Lipinski definition) is 1. The largest absolute Gasteiger partial charge is 0.373 e. The molecule has 1 fully saturated rings. The van der Waals surface area contributed by atoms with E-state index in [-0.39, 0.29) is 12.1 Å². The number of nitrogens with zero attached hydrogens (tertiary/aromatic N) is 2. The first-order valence-corrected chi connectivity index (χ1v) is 5.43. The Hall–Kier alpha value is -1.10. The molecule has 1 saturated carbocycles. The normalized spacial score (nSPS) is 20.3. The Morgan fingerprint density at radius 3 is 2.67 bits per heavy atom. The maximum Gasteiger partial charge on any atom is 0.318 e. The van der Waals surface area contributed by atoms with Crippen molar-refractivity contribution in [2.75, 3.05) is 12.8 Å². The highest BCUT2D eigenvalue weighted by Gasteiger charge is 2.28. The van der Waals surface area contributed by atoms with Gasteiger partial charge in [0, 0.05) is 7.11 Å². The summed E-state index contributed by atoms with van der Waals surface area (Å²) in [6.07, 6.45) is 6.13. The second kappa shape index (κ2) is 4.61. The van der Waals surface area contributed by atoms with Crippen molar-refractivity contribution in [1.82, 2.24) is 10.1 Å². The SMILES string of the molecule is COC(c1noc(N)n1)C1CCCCC1. The summed E-state index contributed by atoms with van der Waals surface area (Å²) in [4.78, 5) is 4.03. The van der Waals surface area contributed by atoms with E-state index in [0.29, 0.717) is 11.7 Å². The van der Waals surface area contributed by atoms with E-state index in [1.165, 1.54) is 32.1 Å². The van der Waals surface area contributed by atoms with Crippen LogP contribution in [0, 0.1) is 5.92 Å². The molecule has 0 saturated heterocycles. The summed E-state index contributed by atoms with van der Waals surface area (Å²) in [5.74, 6) is 1.09. The highest BCUT2D eigenvalue weighted by Crippen LogP contribution is 2.35. The summed E-state index contributed by atoms with van der Waals surface area (Å²) >= 11 is 0. The van der Waals surface area contributed by atoms with E-state index >= 15 is 0 Å². The molecule has 84 valence electrons. The van der Waals surface area contributed by atoms with Crippen LogP contribution in [0.3, 0.4) is 0 Å². The Morgan fingerprint density at radius 1 is 1.40 bits per heavy atom. The van der Waals surface area contributed by atoms with E-state index in [1.54, 1.807) is 7.11 Å². The molecule has 5 nitrogen and oxygen atoms in total. The number of hydrogen-bond acceptors (Lipinski definition) is 5. The first-order valence-electron chi connectivity index (χ1n) is 5.43. The summed E-state index contributed by atoms with van der Waals surface area (Å²) < 4.78 is 10.2. The summed E-state index contributed by atoms with van der Waals surface area (Å²) in [6.45, 7) is 0. The lowest BCUT2D eigenvalue weighted by atomic mass is 9.85. The molecular formula is C10H17N3O2. The smallest absolute Gasteiger partial charge is 0.318 e. The number of anilines is 1. The zero-order chi connectivity index (χ0) is 10.7. The first-order chi connectivity index (χ1) is 7.31. The van der Waals surface area contributed by atoms with Crippen molar-refractivity contribution in [2.45, 2.75) is 38.2 Å². The monoisotopic (exact) mass is 211 g/mol. The molecule has 1 heterocycles. The van der Waals surface area contributed by atoms with Crippen molar-refractivity contribution in [3.63, 3.8) is 0 Å². The molecule has 0 bridgehead atoms. The van der Waals surface area contributed by atoms with Crippen LogP contribution in [0.25, 0.3) is 0 Å². The van der Waals surface area contributed by atoms with Crippen LogP contribution >= 0.6 is 0 Å². The van der Waals surface area contributed by atoms with Crippen LogP contribution in [0.15, 0.2) is 4.52 Å². The number of rotatable bonds is 3. The van der Waals surface area contributed by atoms with Gasteiger partial charge in [-0.2, -0.15) is 4.98 Å². The Balaban J connectivity index is 2.08. The van der Waals surface area contributed by atoms with Crippen LogP contribution in [-0.2, 0) is 4.74 Å². The van der Waals surface area contributed by atoms with Gasteiger partial charge in [-0.05, 0) is 18.8 Å². The highest BCUT2D eigenvalue weighted by atomic mass is 16.5. The van der Waals surface area contributed by atoms with Gasteiger partial charge in [0.05, 0.1) is 0 Å². The van der Waals surface area contributed by atoms with Gasteiger partial charge in [0.1, 0.15) is 6.10 Å². The second-order valence-corrected chi connectivity index (χ2v) is 4.05. The van der Waals surface area contributed by atoms with Crippen molar-refractivity contribution in [3.8, 4) is 0 Å². The highest BCUT2D eigenvalue weighted by molar-refractivity contribution is 5.09. The molecule has 0 amide bonds. The fourth-order valence-electron chi connectivity index (χ4n) is 2.31. The van der Waals surface area contributed by atoms with Crippen molar-refractivity contribution in [1.29, 1.82) is 0 Å². The topological polar surface area (TPSA) is 74.2 Å². The van der Waals surface area contributed by atoms with Crippen molar-refractivity contribution >= 4 is 6.01 Å². The van der Waals surface area contributed by atoms with Crippen LogP contribution in [0.2, 0.25) is 0 Å². The van der Waals surface area contributed by atoms with Gasteiger partial charge in [-0.1, -0.05) is 24.4 Å². The lowest BCUT2D eigenvalue weighted by Crippen LogP contribution is -2.19. The zero-order valence-electron chi connectivity index (χ0n) is 8.98. The van der Waals surface area contributed by atoms with Gasteiger partial charge < -0.3 is 15.0 Å². The molecular weight excluding hydrogens is 194 g/mol. The fraction of sp³-hybridized carbons (Fsp3) is 0.800. The average molecular weight is 211 g/mol. The third-order valence-corrected chi connectivity index (χ3v) is 3.04. The summed E-state index contributed by atoms with van der Waals surface area (Å²) in [6, 6.07) is 0.114. The molecule has 0 aliphatic heterocycles. The third-order valence-electron chi connectivity index (χ3n) is 3.04. The average Bonchev–Trinajstić information content (AvgIpc) is 2.68. The van der Waals surface area contributed by atoms with E-state index in [0.717, 1.165) is 0 Å². The molecule has 0 radical (unpaired) electrons. The van der Waals surface area contributed by atoms with E-state index in [4.69, 9.17) is 15.0 Å². The Labute approximate surface area is 89.0 Å². The Bertz CT molecular complexity index is 307. The molecule has 15 heavy (non-hydrogen) atoms. The van der Waals surface area contributed by atoms with E-state index in [2.05, 4.69) is 10.1 Å². The van der Waals surface area contributed by atoms with Crippen LogP contribution in [0.4, 0.5) is 6.01 Å². The van der Waals surface area contributed by atoms with Crippen molar-refractivity contribution in [3.05, 3.63) is 5.82 Å². The predicted octanol–water partition coefficient (Wildman–Crippen LogP) is 1.92. The Kier molecular flexibility index (Phi) is 3.20. The van der Waals surface area contributed by atoms with Crippen molar-refractivity contribution < 1.29 is 9.26 Å². The molecule has 1 aliphatic carbocycles. The Morgan fingerprint density at radius 2 is 2.13 bits per heavy atom. The molecule has 2 rings (SSSR count).